The fourth-order valence-electron chi connectivity index (χ4n) is 7.76. The minimum Gasteiger partial charge on any atom is -0.488 e. The first kappa shape index (κ1) is 30.7. The molecule has 0 bridgehead atoms. The van der Waals surface area contributed by atoms with E-state index in [-0.39, 0.29) is 17.9 Å². The summed E-state index contributed by atoms with van der Waals surface area (Å²) in [5.41, 5.74) is 4.66. The van der Waals surface area contributed by atoms with Crippen LogP contribution in [-0.2, 0) is 22.6 Å². The molecule has 1 aliphatic carbocycles. The van der Waals surface area contributed by atoms with Crippen LogP contribution in [-0.4, -0.2) is 75.2 Å². The Hall–Kier alpha value is -3.99. The average Bonchev–Trinajstić information content (AvgIpc) is 3.66. The monoisotopic (exact) mass is 687 g/mol. The average molecular weight is 689 g/mol. The van der Waals surface area contributed by atoms with Crippen LogP contribution in [0.2, 0.25) is 0 Å². The number of amides is 2. The molecule has 2 amide bonds. The smallest absolute Gasteiger partial charge is 0.307 e. The summed E-state index contributed by atoms with van der Waals surface area (Å²) in [6.07, 6.45) is 5.74. The lowest BCUT2D eigenvalue weighted by atomic mass is 9.77. The summed E-state index contributed by atoms with van der Waals surface area (Å²) >= 11 is 3.77. The highest BCUT2D eigenvalue weighted by molar-refractivity contribution is 9.10. The van der Waals surface area contributed by atoms with Gasteiger partial charge in [-0.05, 0) is 67.1 Å². The van der Waals surface area contributed by atoms with Gasteiger partial charge in [0.2, 0.25) is 5.91 Å². The first-order chi connectivity index (χ1) is 22.3. The molecule has 3 aliphatic heterocycles. The number of aromatic nitrogens is 2. The van der Waals surface area contributed by atoms with Gasteiger partial charge in [-0.15, -0.1) is 5.10 Å². The lowest BCUT2D eigenvalue weighted by Crippen LogP contribution is -2.50. The topological polar surface area (TPSA) is 116 Å². The number of carbonyl (C=O) groups is 3. The number of carbonyl (C=O) groups excluding carboxylic acids is 2. The Labute approximate surface area is 276 Å². The molecule has 46 heavy (non-hydrogen) atoms. The van der Waals surface area contributed by atoms with Gasteiger partial charge < -0.3 is 24.5 Å². The van der Waals surface area contributed by atoms with Gasteiger partial charge >= 0.3 is 5.97 Å². The lowest BCUT2D eigenvalue weighted by molar-refractivity contribution is -0.153. The van der Waals surface area contributed by atoms with E-state index in [2.05, 4.69) is 31.0 Å². The highest BCUT2D eigenvalue weighted by atomic mass is 79.9. The van der Waals surface area contributed by atoms with Crippen molar-refractivity contribution in [3.8, 4) is 5.75 Å². The van der Waals surface area contributed by atoms with Gasteiger partial charge in [-0.3, -0.25) is 14.4 Å². The molecule has 2 aromatic carbocycles. The molecule has 0 spiro atoms. The molecule has 1 saturated carbocycles. The Morgan fingerprint density at radius 3 is 2.65 bits per heavy atom. The molecule has 1 unspecified atom stereocenters. The maximum Gasteiger partial charge on any atom is 0.307 e. The fraction of sp³-hybridized carbons (Fsp3) is 0.457. The molecule has 1 saturated heterocycles. The summed E-state index contributed by atoms with van der Waals surface area (Å²) < 4.78 is 7.72. The number of ether oxygens (including phenoxy) is 1. The third-order valence-corrected chi connectivity index (χ3v) is 10.8. The van der Waals surface area contributed by atoms with E-state index >= 15 is 0 Å². The number of benzene rings is 2. The largest absolute Gasteiger partial charge is 0.488 e. The number of halogens is 1. The van der Waals surface area contributed by atoms with E-state index in [1.165, 1.54) is 0 Å². The van der Waals surface area contributed by atoms with Crippen molar-refractivity contribution in [2.45, 2.75) is 64.1 Å². The van der Waals surface area contributed by atoms with Crippen LogP contribution in [0.5, 0.6) is 5.75 Å². The van der Waals surface area contributed by atoms with Crippen molar-refractivity contribution < 1.29 is 24.2 Å². The van der Waals surface area contributed by atoms with Gasteiger partial charge in [-0.25, -0.2) is 0 Å². The second-order valence-corrected chi connectivity index (χ2v) is 13.8. The lowest BCUT2D eigenvalue weighted by Gasteiger charge is -2.43. The van der Waals surface area contributed by atoms with Crippen molar-refractivity contribution in [3.05, 3.63) is 81.0 Å². The first-order valence-electron chi connectivity index (χ1n) is 16.2. The van der Waals surface area contributed by atoms with E-state index in [0.29, 0.717) is 56.8 Å². The SMILES string of the molecule is Cc1cnnc(N2CC[C@H](Oc3ccc(Br)c4c3[C@@H](CN3Cc5ccccc5C3=O)N(C(=O)C3CCCC[C@H]3C(=O)O)CC4)C2)c1. The van der Waals surface area contributed by atoms with E-state index in [4.69, 9.17) is 4.74 Å². The molecule has 1 aromatic heterocycles. The number of nitrogens with zero attached hydrogens (tertiary/aromatic N) is 5. The number of aryl methyl sites for hydroxylation is 1. The van der Waals surface area contributed by atoms with Gasteiger partial charge in [0.1, 0.15) is 11.9 Å². The van der Waals surface area contributed by atoms with E-state index in [0.717, 1.165) is 58.4 Å². The van der Waals surface area contributed by atoms with E-state index in [1.54, 1.807) is 6.20 Å². The number of carboxylic acid groups (broad SMARTS) is 1. The molecule has 240 valence electrons. The molecule has 3 aromatic rings. The Bertz CT molecular complexity index is 1680. The number of aliphatic carboxylic acids is 1. The molecule has 10 nitrogen and oxygen atoms in total. The Balaban J connectivity index is 1.23. The molecular weight excluding hydrogens is 650 g/mol. The summed E-state index contributed by atoms with van der Waals surface area (Å²) in [6, 6.07) is 13.1. The Morgan fingerprint density at radius 1 is 1.07 bits per heavy atom. The summed E-state index contributed by atoms with van der Waals surface area (Å²) in [5, 5.41) is 18.5. The number of hydrogen-bond donors (Lipinski definition) is 1. The van der Waals surface area contributed by atoms with Crippen molar-refractivity contribution in [1.82, 2.24) is 20.0 Å². The van der Waals surface area contributed by atoms with Crippen molar-refractivity contribution >= 4 is 39.5 Å². The van der Waals surface area contributed by atoms with Crippen LogP contribution in [0.1, 0.15) is 70.8 Å². The maximum absolute atomic E-state index is 14.4. The third-order valence-electron chi connectivity index (χ3n) is 10.1. The van der Waals surface area contributed by atoms with Gasteiger partial charge in [-0.2, -0.15) is 5.10 Å². The minimum absolute atomic E-state index is 0.0561. The summed E-state index contributed by atoms with van der Waals surface area (Å²) in [4.78, 5) is 46.1. The van der Waals surface area contributed by atoms with E-state index in [1.807, 2.05) is 59.2 Å². The Morgan fingerprint density at radius 2 is 1.87 bits per heavy atom. The van der Waals surface area contributed by atoms with Crippen LogP contribution in [0, 0.1) is 18.8 Å². The van der Waals surface area contributed by atoms with E-state index in [9.17, 15) is 19.5 Å². The zero-order valence-corrected chi connectivity index (χ0v) is 27.5. The number of carboxylic acids is 1. The first-order valence-corrected chi connectivity index (χ1v) is 17.0. The van der Waals surface area contributed by atoms with Crippen molar-refractivity contribution in [2.24, 2.45) is 11.8 Å². The molecule has 11 heteroatoms. The zero-order valence-electron chi connectivity index (χ0n) is 25.9. The zero-order chi connectivity index (χ0) is 31.9. The predicted octanol–water partition coefficient (Wildman–Crippen LogP) is 5.18. The van der Waals surface area contributed by atoms with Gasteiger partial charge in [0, 0.05) is 48.2 Å². The molecule has 0 radical (unpaired) electrons. The Kier molecular flexibility index (Phi) is 8.44. The summed E-state index contributed by atoms with van der Waals surface area (Å²) in [6.45, 7) is 4.63. The van der Waals surface area contributed by atoms with Crippen LogP contribution < -0.4 is 9.64 Å². The number of hydrogen-bond acceptors (Lipinski definition) is 7. The third kappa shape index (κ3) is 5.74. The normalized spacial score (nSPS) is 24.1. The number of rotatable bonds is 7. The van der Waals surface area contributed by atoms with Crippen LogP contribution >= 0.6 is 15.9 Å². The molecule has 7 rings (SSSR count). The van der Waals surface area contributed by atoms with Crippen LogP contribution in [0.25, 0.3) is 0 Å². The molecule has 2 fully saturated rings. The predicted molar refractivity (Wildman–Crippen MR) is 175 cm³/mol. The molecular formula is C35H38BrN5O5. The number of anilines is 1. The van der Waals surface area contributed by atoms with Gasteiger partial charge in [-0.1, -0.05) is 47.0 Å². The highest BCUT2D eigenvalue weighted by Crippen LogP contribution is 2.44. The summed E-state index contributed by atoms with van der Waals surface area (Å²) in [5.74, 6) is -0.863. The molecule has 4 aliphatic rings. The second kappa shape index (κ2) is 12.7. The molecule has 4 heterocycles. The second-order valence-electron chi connectivity index (χ2n) is 13.0. The fourth-order valence-corrected chi connectivity index (χ4v) is 8.30. The molecule has 1 N–H and O–H groups in total. The van der Waals surface area contributed by atoms with Gasteiger partial charge in [0.15, 0.2) is 5.82 Å². The maximum atomic E-state index is 14.4. The molecule has 4 atom stereocenters. The number of fused-ring (bicyclic) bond motifs is 2. The van der Waals surface area contributed by atoms with Crippen molar-refractivity contribution in [2.75, 3.05) is 31.1 Å². The van der Waals surface area contributed by atoms with E-state index < -0.39 is 23.8 Å². The van der Waals surface area contributed by atoms with Crippen LogP contribution in [0.15, 0.2) is 53.1 Å². The minimum atomic E-state index is -0.909. The standard InChI is InChI=1S/C35H38BrN5O5/c1-21-16-31(38-37-17-21)39-14-12-23(19-39)46-30-11-10-28(36)27-13-15-41(34(43)25-8-4-5-9-26(25)35(44)45)29(32(27)30)20-40-18-22-6-2-3-7-24(22)33(40)42/h2-3,6-7,10-11,16-17,23,25-26,29H,4-5,8-9,12-15,18-20H2,1H3,(H,44,45)/t23-,25?,26+,29+/m0/s1. The van der Waals surface area contributed by atoms with Crippen molar-refractivity contribution in [3.63, 3.8) is 0 Å². The van der Waals surface area contributed by atoms with Gasteiger partial charge in [0.25, 0.3) is 5.91 Å². The van der Waals surface area contributed by atoms with Gasteiger partial charge in [0.05, 0.1) is 30.6 Å². The summed E-state index contributed by atoms with van der Waals surface area (Å²) in [7, 11) is 0. The van der Waals surface area contributed by atoms with Crippen molar-refractivity contribution in [1.29, 1.82) is 0 Å². The van der Waals surface area contributed by atoms with Crippen LogP contribution in [0.4, 0.5) is 5.82 Å². The highest BCUT2D eigenvalue weighted by Gasteiger charge is 2.44. The quantitative estimate of drug-likeness (QED) is 0.362. The van der Waals surface area contributed by atoms with Crippen LogP contribution in [0.3, 0.4) is 0 Å².